The summed E-state index contributed by atoms with van der Waals surface area (Å²) in [7, 11) is 0. The summed E-state index contributed by atoms with van der Waals surface area (Å²) in [4.78, 5) is 31.5. The van der Waals surface area contributed by atoms with Gasteiger partial charge in [-0.25, -0.2) is 4.98 Å². The van der Waals surface area contributed by atoms with E-state index < -0.39 is 0 Å². The predicted octanol–water partition coefficient (Wildman–Crippen LogP) is 1.48. The van der Waals surface area contributed by atoms with Gasteiger partial charge >= 0.3 is 0 Å². The molecule has 6 nitrogen and oxygen atoms in total. The number of fused-ring (bicyclic) bond motifs is 5. The van der Waals surface area contributed by atoms with E-state index >= 15 is 0 Å². The van der Waals surface area contributed by atoms with E-state index in [9.17, 15) is 9.59 Å². The third kappa shape index (κ3) is 2.57. The Morgan fingerprint density at radius 2 is 1.92 bits per heavy atom. The summed E-state index contributed by atoms with van der Waals surface area (Å²) in [5.74, 6) is 0.848. The van der Waals surface area contributed by atoms with E-state index in [0.717, 1.165) is 37.4 Å². The van der Waals surface area contributed by atoms with Crippen LogP contribution in [0.25, 0.3) is 5.65 Å². The van der Waals surface area contributed by atoms with Crippen LogP contribution in [0.1, 0.15) is 23.7 Å². The van der Waals surface area contributed by atoms with Gasteiger partial charge in [0.2, 0.25) is 0 Å². The van der Waals surface area contributed by atoms with Gasteiger partial charge < -0.3 is 4.57 Å². The first-order chi connectivity index (χ1) is 12.7. The molecule has 26 heavy (non-hydrogen) atoms. The van der Waals surface area contributed by atoms with Crippen molar-refractivity contribution < 1.29 is 0 Å². The minimum Gasteiger partial charge on any atom is -0.312 e. The van der Waals surface area contributed by atoms with Gasteiger partial charge in [0, 0.05) is 56.1 Å². The molecule has 5 heterocycles. The quantitative estimate of drug-likeness (QED) is 0.704. The van der Waals surface area contributed by atoms with Gasteiger partial charge in [0.05, 0.1) is 5.69 Å². The van der Waals surface area contributed by atoms with Crippen LogP contribution in [0.15, 0.2) is 58.3 Å². The Labute approximate surface area is 150 Å². The number of likely N-dealkylation sites (tertiary alicyclic amines) is 1. The van der Waals surface area contributed by atoms with Crippen molar-refractivity contribution in [3.05, 3.63) is 80.8 Å². The highest BCUT2D eigenvalue weighted by molar-refractivity contribution is 5.38. The average Bonchev–Trinajstić information content (AvgIpc) is 2.63. The second-order valence-electron chi connectivity index (χ2n) is 7.41. The molecule has 2 aliphatic rings. The highest BCUT2D eigenvalue weighted by Gasteiger charge is 2.34. The molecule has 1 unspecified atom stereocenters. The summed E-state index contributed by atoms with van der Waals surface area (Å²) in [6, 6.07) is 12.8. The van der Waals surface area contributed by atoms with E-state index in [0.29, 0.717) is 24.0 Å². The lowest BCUT2D eigenvalue weighted by Gasteiger charge is -2.42. The van der Waals surface area contributed by atoms with Crippen molar-refractivity contribution in [3.63, 3.8) is 0 Å². The van der Waals surface area contributed by atoms with Gasteiger partial charge in [0.15, 0.2) is 0 Å². The SMILES string of the molecule is O=c1cccc2n1C[C@@H]1CC2CN(Cc2cc(=O)n3ccccc3n2)C1. The van der Waals surface area contributed by atoms with Gasteiger partial charge in [0.25, 0.3) is 11.1 Å². The molecule has 6 heteroatoms. The van der Waals surface area contributed by atoms with Crippen LogP contribution in [-0.4, -0.2) is 31.9 Å². The molecular weight excluding hydrogens is 328 g/mol. The summed E-state index contributed by atoms with van der Waals surface area (Å²) in [5.41, 5.74) is 2.70. The highest BCUT2D eigenvalue weighted by atomic mass is 16.1. The Kier molecular flexibility index (Phi) is 3.53. The topological polar surface area (TPSA) is 59.6 Å². The molecular formula is C20H20N4O2. The van der Waals surface area contributed by atoms with Crippen LogP contribution in [0, 0.1) is 5.92 Å². The minimum atomic E-state index is -0.0419. The molecule has 2 aliphatic heterocycles. The maximum Gasteiger partial charge on any atom is 0.258 e. The van der Waals surface area contributed by atoms with Crippen LogP contribution < -0.4 is 11.1 Å². The van der Waals surface area contributed by atoms with E-state index in [1.54, 1.807) is 22.7 Å². The van der Waals surface area contributed by atoms with Crippen LogP contribution in [0.4, 0.5) is 0 Å². The van der Waals surface area contributed by atoms with E-state index in [-0.39, 0.29) is 11.1 Å². The Morgan fingerprint density at radius 1 is 1.00 bits per heavy atom. The molecule has 1 fully saturated rings. The molecule has 2 bridgehead atoms. The molecule has 0 amide bonds. The monoisotopic (exact) mass is 348 g/mol. The van der Waals surface area contributed by atoms with Crippen LogP contribution in [0.2, 0.25) is 0 Å². The van der Waals surface area contributed by atoms with Crippen LogP contribution in [-0.2, 0) is 13.1 Å². The molecule has 3 aromatic heterocycles. The minimum absolute atomic E-state index is 0.0419. The summed E-state index contributed by atoms with van der Waals surface area (Å²) in [6.07, 6.45) is 2.88. The number of hydrogen-bond acceptors (Lipinski definition) is 4. The van der Waals surface area contributed by atoms with Crippen molar-refractivity contribution in [2.24, 2.45) is 5.92 Å². The van der Waals surface area contributed by atoms with Gasteiger partial charge in [-0.2, -0.15) is 0 Å². The van der Waals surface area contributed by atoms with Crippen molar-refractivity contribution in [1.29, 1.82) is 0 Å². The Hall–Kier alpha value is -2.73. The van der Waals surface area contributed by atoms with Gasteiger partial charge in [-0.15, -0.1) is 0 Å². The van der Waals surface area contributed by atoms with E-state index in [2.05, 4.69) is 16.0 Å². The Bertz CT molecular complexity index is 1100. The van der Waals surface area contributed by atoms with Gasteiger partial charge in [-0.3, -0.25) is 18.9 Å². The van der Waals surface area contributed by atoms with Crippen LogP contribution in [0.5, 0.6) is 0 Å². The molecule has 0 aliphatic carbocycles. The predicted molar refractivity (Wildman–Crippen MR) is 98.3 cm³/mol. The highest BCUT2D eigenvalue weighted by Crippen LogP contribution is 2.35. The van der Waals surface area contributed by atoms with Crippen molar-refractivity contribution in [3.8, 4) is 0 Å². The Morgan fingerprint density at radius 3 is 2.85 bits per heavy atom. The van der Waals surface area contributed by atoms with E-state index in [1.807, 2.05) is 28.8 Å². The van der Waals surface area contributed by atoms with Gasteiger partial charge in [-0.05, 0) is 30.5 Å². The summed E-state index contributed by atoms with van der Waals surface area (Å²) in [6.45, 7) is 3.30. The zero-order valence-corrected chi connectivity index (χ0v) is 14.4. The molecule has 1 saturated heterocycles. The normalized spacial score (nSPS) is 22.3. The fraction of sp³-hybridized carbons (Fsp3) is 0.350. The lowest BCUT2D eigenvalue weighted by atomic mass is 9.83. The molecule has 0 saturated carbocycles. The third-order valence-corrected chi connectivity index (χ3v) is 5.57. The van der Waals surface area contributed by atoms with Crippen molar-refractivity contribution in [1.82, 2.24) is 18.9 Å². The van der Waals surface area contributed by atoms with Gasteiger partial charge in [0.1, 0.15) is 5.65 Å². The fourth-order valence-electron chi connectivity index (χ4n) is 4.54. The van der Waals surface area contributed by atoms with Crippen molar-refractivity contribution in [2.45, 2.75) is 25.4 Å². The standard InChI is InChI=1S/C20H20N4O2/c25-19-6-3-4-17-15-8-14(11-24(17)19)10-22(12-15)13-16-9-20(26)23-7-2-1-5-18(23)21-16/h1-7,9,14-15H,8,10-13H2/t14-,15?/m1/s1. The van der Waals surface area contributed by atoms with Crippen LogP contribution in [0.3, 0.4) is 0 Å². The smallest absolute Gasteiger partial charge is 0.258 e. The largest absolute Gasteiger partial charge is 0.312 e. The van der Waals surface area contributed by atoms with Crippen LogP contribution >= 0.6 is 0 Å². The number of nitrogens with zero attached hydrogens (tertiary/aromatic N) is 4. The zero-order chi connectivity index (χ0) is 17.7. The molecule has 0 N–H and O–H groups in total. The van der Waals surface area contributed by atoms with Crippen molar-refractivity contribution in [2.75, 3.05) is 13.1 Å². The first-order valence-corrected chi connectivity index (χ1v) is 9.07. The second kappa shape index (κ2) is 5.92. The fourth-order valence-corrected chi connectivity index (χ4v) is 4.54. The van der Waals surface area contributed by atoms with E-state index in [4.69, 9.17) is 0 Å². The lowest BCUT2D eigenvalue weighted by Crippen LogP contribution is -2.46. The third-order valence-electron chi connectivity index (χ3n) is 5.57. The maximum absolute atomic E-state index is 12.3. The van der Waals surface area contributed by atoms with Gasteiger partial charge in [-0.1, -0.05) is 12.1 Å². The summed E-state index contributed by atoms with van der Waals surface area (Å²) in [5, 5.41) is 0. The second-order valence-corrected chi connectivity index (χ2v) is 7.41. The van der Waals surface area contributed by atoms with E-state index in [1.165, 1.54) is 0 Å². The van der Waals surface area contributed by atoms with Crippen molar-refractivity contribution >= 4 is 5.65 Å². The number of rotatable bonds is 2. The molecule has 132 valence electrons. The molecule has 0 radical (unpaired) electrons. The maximum atomic E-state index is 12.3. The zero-order valence-electron chi connectivity index (χ0n) is 14.4. The Balaban J connectivity index is 1.43. The number of piperidine rings is 1. The molecule has 5 rings (SSSR count). The number of aromatic nitrogens is 3. The molecule has 3 aromatic rings. The first-order valence-electron chi connectivity index (χ1n) is 9.07. The molecule has 0 aromatic carbocycles. The average molecular weight is 348 g/mol. The summed E-state index contributed by atoms with van der Waals surface area (Å²) >= 11 is 0. The molecule has 2 atom stereocenters. The number of hydrogen-bond donors (Lipinski definition) is 0. The number of pyridine rings is 2. The summed E-state index contributed by atoms with van der Waals surface area (Å²) < 4.78 is 3.51. The molecule has 0 spiro atoms. The first kappa shape index (κ1) is 15.5. The lowest BCUT2D eigenvalue weighted by molar-refractivity contribution is 0.113.